The van der Waals surface area contributed by atoms with E-state index in [1.54, 1.807) is 6.08 Å². The van der Waals surface area contributed by atoms with E-state index in [0.717, 1.165) is 0 Å². The van der Waals surface area contributed by atoms with Crippen molar-refractivity contribution in [2.45, 2.75) is 19.1 Å². The second kappa shape index (κ2) is 5.04. The first-order valence-electron chi connectivity index (χ1n) is 4.39. The van der Waals surface area contributed by atoms with E-state index in [9.17, 15) is 0 Å². The van der Waals surface area contributed by atoms with Gasteiger partial charge in [-0.15, -0.1) is 6.58 Å². The predicted octanol–water partition coefficient (Wildman–Crippen LogP) is 1.51. The molecule has 0 bridgehead atoms. The zero-order valence-electron chi connectivity index (χ0n) is 7.99. The summed E-state index contributed by atoms with van der Waals surface area (Å²) in [5, 5.41) is 0. The fourth-order valence-electron chi connectivity index (χ4n) is 1.05. The summed E-state index contributed by atoms with van der Waals surface area (Å²) in [4.78, 5) is 0. The summed E-state index contributed by atoms with van der Waals surface area (Å²) >= 11 is 0. The summed E-state index contributed by atoms with van der Waals surface area (Å²) < 4.78 is 16.1. The molecule has 74 valence electrons. The average Bonchev–Trinajstić information content (AvgIpc) is 2.12. The summed E-state index contributed by atoms with van der Waals surface area (Å²) in [7, 11) is 0. The maximum absolute atomic E-state index is 5.47. The van der Waals surface area contributed by atoms with Gasteiger partial charge in [0.2, 0.25) is 0 Å². The van der Waals surface area contributed by atoms with Crippen LogP contribution in [-0.4, -0.2) is 32.0 Å². The molecule has 0 aromatic carbocycles. The Morgan fingerprint density at radius 1 is 1.69 bits per heavy atom. The maximum Gasteiger partial charge on any atom is 0.145 e. The van der Waals surface area contributed by atoms with Gasteiger partial charge in [-0.2, -0.15) is 0 Å². The second-order valence-corrected chi connectivity index (χ2v) is 3.01. The lowest BCUT2D eigenvalue weighted by atomic mass is 10.3. The molecule has 0 spiro atoms. The molecule has 13 heavy (non-hydrogen) atoms. The van der Waals surface area contributed by atoms with Crippen molar-refractivity contribution in [2.24, 2.45) is 0 Å². The third-order valence-corrected chi connectivity index (χ3v) is 1.84. The topological polar surface area (TPSA) is 27.7 Å². The van der Waals surface area contributed by atoms with Crippen LogP contribution in [0.1, 0.15) is 6.92 Å². The van der Waals surface area contributed by atoms with E-state index in [-0.39, 0.29) is 12.2 Å². The molecule has 1 unspecified atom stereocenters. The van der Waals surface area contributed by atoms with Crippen LogP contribution in [0.3, 0.4) is 0 Å². The highest BCUT2D eigenvalue weighted by molar-refractivity contribution is 4.94. The van der Waals surface area contributed by atoms with Gasteiger partial charge in [0.1, 0.15) is 18.0 Å². The molecule has 3 nitrogen and oxygen atoms in total. The van der Waals surface area contributed by atoms with Gasteiger partial charge >= 0.3 is 0 Å². The molecule has 1 aliphatic rings. The van der Waals surface area contributed by atoms with Crippen LogP contribution in [0.4, 0.5) is 0 Å². The number of hydrogen-bond donors (Lipinski definition) is 0. The largest absolute Gasteiger partial charge is 0.488 e. The summed E-state index contributed by atoms with van der Waals surface area (Å²) in [6.45, 7) is 10.9. The van der Waals surface area contributed by atoms with Crippen molar-refractivity contribution in [1.29, 1.82) is 0 Å². The van der Waals surface area contributed by atoms with Gasteiger partial charge in [-0.1, -0.05) is 12.7 Å². The van der Waals surface area contributed by atoms with E-state index < -0.39 is 0 Å². The molecule has 0 amide bonds. The van der Waals surface area contributed by atoms with Crippen LogP contribution in [0.25, 0.3) is 0 Å². The van der Waals surface area contributed by atoms with Gasteiger partial charge in [0.15, 0.2) is 0 Å². The van der Waals surface area contributed by atoms with E-state index in [0.29, 0.717) is 25.6 Å². The maximum atomic E-state index is 5.47. The first-order valence-corrected chi connectivity index (χ1v) is 4.39. The molecule has 1 aliphatic heterocycles. The normalized spacial score (nSPS) is 28.2. The summed E-state index contributed by atoms with van der Waals surface area (Å²) in [5.74, 6) is 0.679. The summed E-state index contributed by atoms with van der Waals surface area (Å²) in [6.07, 6.45) is 1.68. The predicted molar refractivity (Wildman–Crippen MR) is 50.4 cm³/mol. The van der Waals surface area contributed by atoms with Gasteiger partial charge in [-0.25, -0.2) is 0 Å². The minimum Gasteiger partial charge on any atom is -0.488 e. The zero-order valence-corrected chi connectivity index (χ0v) is 7.99. The van der Waals surface area contributed by atoms with Crippen LogP contribution in [0.2, 0.25) is 0 Å². The third-order valence-electron chi connectivity index (χ3n) is 1.84. The fraction of sp³-hybridized carbons (Fsp3) is 0.600. The van der Waals surface area contributed by atoms with Crippen LogP contribution in [0.15, 0.2) is 25.0 Å². The van der Waals surface area contributed by atoms with Crippen LogP contribution in [-0.2, 0) is 14.2 Å². The van der Waals surface area contributed by atoms with E-state index in [1.807, 2.05) is 6.92 Å². The van der Waals surface area contributed by atoms with Gasteiger partial charge in [0, 0.05) is 0 Å². The Morgan fingerprint density at radius 2 is 2.46 bits per heavy atom. The highest BCUT2D eigenvalue weighted by Gasteiger charge is 2.22. The molecule has 1 fully saturated rings. The monoisotopic (exact) mass is 184 g/mol. The molecule has 1 rings (SSSR count). The van der Waals surface area contributed by atoms with E-state index in [2.05, 4.69) is 13.2 Å². The smallest absolute Gasteiger partial charge is 0.145 e. The van der Waals surface area contributed by atoms with E-state index in [4.69, 9.17) is 14.2 Å². The lowest BCUT2D eigenvalue weighted by Gasteiger charge is -2.29. The van der Waals surface area contributed by atoms with Crippen LogP contribution < -0.4 is 0 Å². The first-order chi connectivity index (χ1) is 6.24. The van der Waals surface area contributed by atoms with Crippen LogP contribution >= 0.6 is 0 Å². The van der Waals surface area contributed by atoms with Gasteiger partial charge < -0.3 is 14.2 Å². The molecular formula is C10H16O3. The lowest BCUT2D eigenvalue weighted by Crippen LogP contribution is -2.35. The van der Waals surface area contributed by atoms with E-state index >= 15 is 0 Å². The Hall–Kier alpha value is -0.800. The van der Waals surface area contributed by atoms with Gasteiger partial charge in [-0.3, -0.25) is 0 Å². The van der Waals surface area contributed by atoms with Gasteiger partial charge in [-0.05, 0) is 6.92 Å². The third kappa shape index (κ3) is 3.20. The van der Waals surface area contributed by atoms with Crippen molar-refractivity contribution >= 4 is 0 Å². The molecule has 0 aromatic heterocycles. The van der Waals surface area contributed by atoms with Crippen LogP contribution in [0, 0.1) is 0 Å². The first kappa shape index (κ1) is 10.3. The molecule has 1 heterocycles. The minimum absolute atomic E-state index is 0.00402. The highest BCUT2D eigenvalue weighted by Crippen LogP contribution is 2.16. The molecule has 0 N–H and O–H groups in total. The standard InChI is InChI=1S/C10H16O3/c1-4-5-11-6-10-7-12-8(2)9(3)13-10/h4,8,10H,1,3,5-7H2,2H3/t8-,10?/m0/s1. The Morgan fingerprint density at radius 3 is 3.08 bits per heavy atom. The van der Waals surface area contributed by atoms with Crippen molar-refractivity contribution in [2.75, 3.05) is 19.8 Å². The van der Waals surface area contributed by atoms with Gasteiger partial charge in [0.25, 0.3) is 0 Å². The van der Waals surface area contributed by atoms with Crippen molar-refractivity contribution in [1.82, 2.24) is 0 Å². The van der Waals surface area contributed by atoms with Crippen molar-refractivity contribution in [3.05, 3.63) is 25.0 Å². The number of ether oxygens (including phenoxy) is 3. The molecule has 3 heteroatoms. The summed E-state index contributed by atoms with van der Waals surface area (Å²) in [5.41, 5.74) is 0. The average molecular weight is 184 g/mol. The highest BCUT2D eigenvalue weighted by atomic mass is 16.6. The fourth-order valence-corrected chi connectivity index (χ4v) is 1.05. The summed E-state index contributed by atoms with van der Waals surface area (Å²) in [6, 6.07) is 0. The molecular weight excluding hydrogens is 168 g/mol. The van der Waals surface area contributed by atoms with Crippen LogP contribution in [0.5, 0.6) is 0 Å². The lowest BCUT2D eigenvalue weighted by molar-refractivity contribution is -0.104. The van der Waals surface area contributed by atoms with Crippen molar-refractivity contribution < 1.29 is 14.2 Å². The quantitative estimate of drug-likeness (QED) is 0.489. The molecule has 0 aromatic rings. The Balaban J connectivity index is 2.21. The molecule has 0 aliphatic carbocycles. The molecule has 0 radical (unpaired) electrons. The second-order valence-electron chi connectivity index (χ2n) is 3.01. The number of rotatable bonds is 4. The number of hydrogen-bond acceptors (Lipinski definition) is 3. The minimum atomic E-state index is -0.0244. The van der Waals surface area contributed by atoms with E-state index in [1.165, 1.54) is 0 Å². The molecule has 0 saturated carbocycles. The zero-order chi connectivity index (χ0) is 9.68. The Labute approximate surface area is 79.0 Å². The Bertz CT molecular complexity index is 189. The Kier molecular flexibility index (Phi) is 3.99. The van der Waals surface area contributed by atoms with Gasteiger partial charge in [0.05, 0.1) is 19.8 Å². The SMILES string of the molecule is C=CCOCC1CO[C@@H](C)C(=C)O1. The van der Waals surface area contributed by atoms with Crippen molar-refractivity contribution in [3.63, 3.8) is 0 Å². The molecule has 1 saturated heterocycles. The van der Waals surface area contributed by atoms with Crippen molar-refractivity contribution in [3.8, 4) is 0 Å². The molecule has 2 atom stereocenters.